The molecule has 1 aliphatic rings. The maximum absolute atomic E-state index is 11.9. The fourth-order valence-corrected chi connectivity index (χ4v) is 2.74. The minimum atomic E-state index is -0.778. The van der Waals surface area contributed by atoms with Gasteiger partial charge in [0.25, 0.3) is 0 Å². The van der Waals surface area contributed by atoms with E-state index in [-0.39, 0.29) is 12.6 Å². The molecular weight excluding hydrogens is 292 g/mol. The van der Waals surface area contributed by atoms with Crippen LogP contribution in [0.5, 0.6) is 5.75 Å². The van der Waals surface area contributed by atoms with E-state index < -0.39 is 5.60 Å². The zero-order valence-electron chi connectivity index (χ0n) is 12.1. The summed E-state index contributed by atoms with van der Waals surface area (Å²) in [5.41, 5.74) is -0.273. The van der Waals surface area contributed by atoms with Crippen LogP contribution in [0.1, 0.15) is 32.1 Å². The van der Waals surface area contributed by atoms with Crippen LogP contribution in [0.2, 0.25) is 5.02 Å². The molecule has 1 aromatic carbocycles. The number of amides is 2. The van der Waals surface area contributed by atoms with E-state index in [1.807, 2.05) is 0 Å². The van der Waals surface area contributed by atoms with Gasteiger partial charge < -0.3 is 20.5 Å². The first kappa shape index (κ1) is 15.9. The van der Waals surface area contributed by atoms with Crippen molar-refractivity contribution in [3.8, 4) is 5.75 Å². The van der Waals surface area contributed by atoms with Crippen molar-refractivity contribution in [2.75, 3.05) is 19.0 Å². The van der Waals surface area contributed by atoms with Gasteiger partial charge in [0.1, 0.15) is 5.75 Å². The smallest absolute Gasteiger partial charge is 0.319 e. The molecule has 2 amide bonds. The van der Waals surface area contributed by atoms with Crippen molar-refractivity contribution in [3.05, 3.63) is 23.2 Å². The molecule has 0 bridgehead atoms. The second-order valence-electron chi connectivity index (χ2n) is 5.44. The zero-order valence-corrected chi connectivity index (χ0v) is 12.9. The minimum Gasteiger partial charge on any atom is -0.497 e. The van der Waals surface area contributed by atoms with E-state index in [4.69, 9.17) is 16.3 Å². The van der Waals surface area contributed by atoms with Crippen LogP contribution in [0.15, 0.2) is 18.2 Å². The molecule has 116 valence electrons. The summed E-state index contributed by atoms with van der Waals surface area (Å²) in [5.74, 6) is 0.627. The van der Waals surface area contributed by atoms with Crippen LogP contribution in [0, 0.1) is 0 Å². The van der Waals surface area contributed by atoms with Crippen LogP contribution in [-0.4, -0.2) is 30.4 Å². The van der Waals surface area contributed by atoms with Crippen molar-refractivity contribution in [1.29, 1.82) is 0 Å². The van der Waals surface area contributed by atoms with Crippen LogP contribution >= 0.6 is 11.6 Å². The Morgan fingerprint density at radius 1 is 1.38 bits per heavy atom. The Morgan fingerprint density at radius 3 is 2.71 bits per heavy atom. The van der Waals surface area contributed by atoms with Crippen molar-refractivity contribution in [1.82, 2.24) is 5.32 Å². The first-order chi connectivity index (χ1) is 10.0. The zero-order chi connectivity index (χ0) is 15.3. The predicted octanol–water partition coefficient (Wildman–Crippen LogP) is 3.17. The van der Waals surface area contributed by atoms with Gasteiger partial charge in [-0.25, -0.2) is 4.79 Å². The number of urea groups is 1. The van der Waals surface area contributed by atoms with E-state index in [1.54, 1.807) is 25.3 Å². The number of halogens is 1. The number of benzene rings is 1. The molecule has 0 saturated heterocycles. The van der Waals surface area contributed by atoms with E-state index in [9.17, 15) is 9.90 Å². The summed E-state index contributed by atoms with van der Waals surface area (Å²) < 4.78 is 5.05. The van der Waals surface area contributed by atoms with E-state index >= 15 is 0 Å². The van der Waals surface area contributed by atoms with Gasteiger partial charge in [-0.15, -0.1) is 0 Å². The van der Waals surface area contributed by atoms with Crippen LogP contribution in [0.4, 0.5) is 10.5 Å². The van der Waals surface area contributed by atoms with Gasteiger partial charge in [-0.05, 0) is 25.0 Å². The molecule has 0 aromatic heterocycles. The molecule has 6 heteroatoms. The number of aliphatic hydroxyl groups is 1. The number of carbonyl (C=O) groups is 1. The van der Waals surface area contributed by atoms with Crippen LogP contribution in [0.25, 0.3) is 0 Å². The molecule has 1 fully saturated rings. The third kappa shape index (κ3) is 4.51. The van der Waals surface area contributed by atoms with Crippen molar-refractivity contribution in [3.63, 3.8) is 0 Å². The van der Waals surface area contributed by atoms with Crippen molar-refractivity contribution < 1.29 is 14.6 Å². The highest BCUT2D eigenvalue weighted by atomic mass is 35.5. The normalized spacial score (nSPS) is 17.1. The topological polar surface area (TPSA) is 70.6 Å². The number of nitrogens with one attached hydrogen (secondary N) is 2. The minimum absolute atomic E-state index is 0.257. The number of hydrogen-bond acceptors (Lipinski definition) is 3. The number of methoxy groups -OCH3 is 1. The van der Waals surface area contributed by atoms with Gasteiger partial charge in [-0.3, -0.25) is 0 Å². The molecule has 0 atom stereocenters. The van der Waals surface area contributed by atoms with Crippen LogP contribution in [0.3, 0.4) is 0 Å². The van der Waals surface area contributed by atoms with Gasteiger partial charge in [-0.2, -0.15) is 0 Å². The Kier molecular flexibility index (Phi) is 5.31. The molecule has 0 spiro atoms. The monoisotopic (exact) mass is 312 g/mol. The number of rotatable bonds is 4. The molecule has 21 heavy (non-hydrogen) atoms. The Morgan fingerprint density at radius 2 is 2.10 bits per heavy atom. The molecule has 0 radical (unpaired) electrons. The van der Waals surface area contributed by atoms with Crippen molar-refractivity contribution in [2.24, 2.45) is 0 Å². The van der Waals surface area contributed by atoms with E-state index in [2.05, 4.69) is 10.6 Å². The average Bonchev–Trinajstić information content (AvgIpc) is 2.48. The standard InChI is InChI=1S/C15H21ClN2O3/c1-21-11-5-6-13(12(16)9-11)18-14(19)17-10-15(20)7-3-2-4-8-15/h5-6,9,20H,2-4,7-8,10H2,1H3,(H2,17,18,19). The fraction of sp³-hybridized carbons (Fsp3) is 0.533. The first-order valence-corrected chi connectivity index (χ1v) is 7.51. The van der Waals surface area contributed by atoms with Crippen molar-refractivity contribution in [2.45, 2.75) is 37.7 Å². The lowest BCUT2D eigenvalue weighted by molar-refractivity contribution is 0.00755. The molecule has 3 N–H and O–H groups in total. The largest absolute Gasteiger partial charge is 0.497 e. The van der Waals surface area contributed by atoms with Gasteiger partial charge in [0.2, 0.25) is 0 Å². The molecule has 1 aliphatic carbocycles. The van der Waals surface area contributed by atoms with Gasteiger partial charge in [0, 0.05) is 12.6 Å². The summed E-state index contributed by atoms with van der Waals surface area (Å²) in [4.78, 5) is 11.9. The Balaban J connectivity index is 1.87. The number of carbonyl (C=O) groups excluding carboxylic acids is 1. The summed E-state index contributed by atoms with van der Waals surface area (Å²) in [6, 6.07) is 4.65. The molecule has 0 aliphatic heterocycles. The third-order valence-corrected chi connectivity index (χ3v) is 4.10. The molecule has 0 heterocycles. The van der Waals surface area contributed by atoms with Gasteiger partial charge in [0.15, 0.2) is 0 Å². The summed E-state index contributed by atoms with van der Waals surface area (Å²) in [6.07, 6.45) is 4.62. The summed E-state index contributed by atoms with van der Waals surface area (Å²) in [7, 11) is 1.55. The summed E-state index contributed by atoms with van der Waals surface area (Å²) >= 11 is 6.06. The highest BCUT2D eigenvalue weighted by Crippen LogP contribution is 2.28. The van der Waals surface area contributed by atoms with Gasteiger partial charge in [-0.1, -0.05) is 30.9 Å². The van der Waals surface area contributed by atoms with Crippen LogP contribution < -0.4 is 15.4 Å². The molecule has 5 nitrogen and oxygen atoms in total. The summed E-state index contributed by atoms with van der Waals surface area (Å²) in [6.45, 7) is 0.257. The molecule has 0 unspecified atom stereocenters. The second kappa shape index (κ2) is 7.00. The number of anilines is 1. The lowest BCUT2D eigenvalue weighted by Crippen LogP contribution is -2.45. The maximum Gasteiger partial charge on any atom is 0.319 e. The summed E-state index contributed by atoms with van der Waals surface area (Å²) in [5, 5.41) is 16.1. The molecule has 1 saturated carbocycles. The Labute approximate surface area is 129 Å². The average molecular weight is 313 g/mol. The first-order valence-electron chi connectivity index (χ1n) is 7.13. The Bertz CT molecular complexity index is 502. The van der Waals surface area contributed by atoms with E-state index in [0.29, 0.717) is 16.5 Å². The second-order valence-corrected chi connectivity index (χ2v) is 5.85. The lowest BCUT2D eigenvalue weighted by atomic mass is 9.85. The fourth-order valence-electron chi connectivity index (χ4n) is 2.52. The van der Waals surface area contributed by atoms with Gasteiger partial charge >= 0.3 is 6.03 Å². The highest BCUT2D eigenvalue weighted by molar-refractivity contribution is 6.33. The Hall–Kier alpha value is -1.46. The quantitative estimate of drug-likeness (QED) is 0.799. The number of hydrogen-bond donors (Lipinski definition) is 3. The predicted molar refractivity (Wildman–Crippen MR) is 83.1 cm³/mol. The van der Waals surface area contributed by atoms with E-state index in [0.717, 1.165) is 32.1 Å². The molecule has 1 aromatic rings. The SMILES string of the molecule is COc1ccc(NC(=O)NCC2(O)CCCCC2)c(Cl)c1. The van der Waals surface area contributed by atoms with Gasteiger partial charge in [0.05, 0.1) is 23.4 Å². The third-order valence-electron chi connectivity index (χ3n) is 3.79. The molecular formula is C15H21ClN2O3. The molecule has 2 rings (SSSR count). The van der Waals surface area contributed by atoms with Crippen LogP contribution in [-0.2, 0) is 0 Å². The maximum atomic E-state index is 11.9. The van der Waals surface area contributed by atoms with Crippen molar-refractivity contribution >= 4 is 23.3 Å². The number of ether oxygens (including phenoxy) is 1. The lowest BCUT2D eigenvalue weighted by Gasteiger charge is -2.32. The highest BCUT2D eigenvalue weighted by Gasteiger charge is 2.29. The van der Waals surface area contributed by atoms with E-state index in [1.165, 1.54) is 0 Å².